The van der Waals surface area contributed by atoms with Crippen LogP contribution in [0.2, 0.25) is 0 Å². The number of hydrogen-bond acceptors (Lipinski definition) is 3. The largest absolute Gasteiger partial charge is 0.481 e. The lowest BCUT2D eigenvalue weighted by molar-refractivity contribution is -0.146. The molecule has 0 atom stereocenters. The van der Waals surface area contributed by atoms with Crippen LogP contribution in [0.3, 0.4) is 0 Å². The van der Waals surface area contributed by atoms with E-state index < -0.39 is 40.9 Å². The molecule has 2 N–H and O–H groups in total. The fourth-order valence-electron chi connectivity index (χ4n) is 2.55. The Bertz CT molecular complexity index is 901. The molecule has 0 saturated carbocycles. The van der Waals surface area contributed by atoms with Crippen molar-refractivity contribution in [3.05, 3.63) is 56.9 Å². The number of anilines is 2. The predicted octanol–water partition coefficient (Wildman–Crippen LogP) is 3.61. The highest BCUT2D eigenvalue weighted by molar-refractivity contribution is 14.1. The van der Waals surface area contributed by atoms with E-state index in [0.717, 1.165) is 12.1 Å². The van der Waals surface area contributed by atoms with Gasteiger partial charge in [-0.1, -0.05) is 0 Å². The maximum Gasteiger partial charge on any atom is 0.310 e. The second-order valence-corrected chi connectivity index (χ2v) is 7.02. The molecule has 9 heteroatoms. The van der Waals surface area contributed by atoms with Crippen molar-refractivity contribution in [1.82, 2.24) is 4.90 Å². The maximum absolute atomic E-state index is 14.3. The van der Waals surface area contributed by atoms with Gasteiger partial charge in [0.25, 0.3) is 5.91 Å². The molecule has 0 bridgehead atoms. The van der Waals surface area contributed by atoms with E-state index in [2.05, 4.69) is 5.32 Å². The fourth-order valence-corrected chi connectivity index (χ4v) is 3.00. The molecular weight excluding hydrogens is 464 g/mol. The van der Waals surface area contributed by atoms with Crippen LogP contribution < -0.4 is 5.32 Å². The van der Waals surface area contributed by atoms with Crippen molar-refractivity contribution < 1.29 is 27.9 Å². The van der Waals surface area contributed by atoms with E-state index in [-0.39, 0.29) is 24.3 Å². The number of carboxylic acid groups (broad SMARTS) is 1. The van der Waals surface area contributed by atoms with Gasteiger partial charge in [-0.05, 0) is 52.9 Å². The molecule has 1 aliphatic rings. The topological polar surface area (TPSA) is 69.6 Å². The van der Waals surface area contributed by atoms with Crippen molar-refractivity contribution in [2.75, 3.05) is 18.4 Å². The van der Waals surface area contributed by atoms with Crippen molar-refractivity contribution in [3.63, 3.8) is 0 Å². The molecule has 1 fully saturated rings. The molecule has 0 radical (unpaired) electrons. The Labute approximate surface area is 159 Å². The summed E-state index contributed by atoms with van der Waals surface area (Å²) in [4.78, 5) is 24.6. The van der Waals surface area contributed by atoms with Crippen LogP contribution in [-0.2, 0) is 4.79 Å². The summed E-state index contributed by atoms with van der Waals surface area (Å²) < 4.78 is 42.6. The molecule has 0 unspecified atom stereocenters. The van der Waals surface area contributed by atoms with Gasteiger partial charge in [0.1, 0.15) is 5.82 Å². The summed E-state index contributed by atoms with van der Waals surface area (Å²) in [6, 6.07) is 6.00. The van der Waals surface area contributed by atoms with Gasteiger partial charge in [-0.25, -0.2) is 13.2 Å². The maximum atomic E-state index is 14.3. The molecule has 5 nitrogen and oxygen atoms in total. The van der Waals surface area contributed by atoms with Crippen LogP contribution in [0.15, 0.2) is 30.3 Å². The number of aliphatic carboxylic acids is 1. The number of rotatable bonds is 4. The van der Waals surface area contributed by atoms with Crippen LogP contribution in [0, 0.1) is 26.9 Å². The van der Waals surface area contributed by atoms with E-state index in [9.17, 15) is 22.8 Å². The van der Waals surface area contributed by atoms with Crippen LogP contribution in [-0.4, -0.2) is 35.0 Å². The molecule has 1 saturated heterocycles. The Morgan fingerprint density at radius 1 is 1.12 bits per heavy atom. The van der Waals surface area contributed by atoms with E-state index in [1.165, 1.54) is 17.0 Å². The Hall–Kier alpha value is -2.30. The Morgan fingerprint density at radius 2 is 1.81 bits per heavy atom. The predicted molar refractivity (Wildman–Crippen MR) is 95.8 cm³/mol. The second kappa shape index (κ2) is 7.14. The molecule has 1 amide bonds. The normalized spacial score (nSPS) is 14.1. The lowest BCUT2D eigenvalue weighted by atomic mass is 9.98. The minimum atomic E-state index is -1.32. The number of halogens is 4. The third kappa shape index (κ3) is 3.48. The molecule has 3 rings (SSSR count). The Balaban J connectivity index is 1.93. The summed E-state index contributed by atoms with van der Waals surface area (Å²) >= 11 is 1.90. The minimum absolute atomic E-state index is 0.0233. The summed E-state index contributed by atoms with van der Waals surface area (Å²) in [5, 5.41) is 11.3. The third-order valence-corrected chi connectivity index (χ3v) is 4.71. The van der Waals surface area contributed by atoms with Gasteiger partial charge < -0.3 is 15.3 Å². The van der Waals surface area contributed by atoms with E-state index in [4.69, 9.17) is 5.11 Å². The highest BCUT2D eigenvalue weighted by atomic mass is 127. The van der Waals surface area contributed by atoms with Crippen LogP contribution in [0.5, 0.6) is 0 Å². The van der Waals surface area contributed by atoms with Crippen LogP contribution in [0.4, 0.5) is 24.5 Å². The molecule has 136 valence electrons. The summed E-state index contributed by atoms with van der Waals surface area (Å²) in [5.74, 6) is -5.57. The zero-order valence-electron chi connectivity index (χ0n) is 13.1. The standard InChI is InChI=1S/C17H12F3IN2O3/c18-11-3-2-10(16(24)23-6-8(7-23)17(25)26)15(14(11)20)22-13-4-1-9(21)5-12(13)19/h1-5,8,22H,6-7H2,(H,25,26). The lowest BCUT2D eigenvalue weighted by Crippen LogP contribution is -2.53. The SMILES string of the molecule is O=C(O)C1CN(C(=O)c2ccc(F)c(F)c2Nc2ccc(I)cc2F)C1. The fraction of sp³-hybridized carbons (Fsp3) is 0.176. The van der Waals surface area contributed by atoms with Crippen molar-refractivity contribution in [2.45, 2.75) is 0 Å². The van der Waals surface area contributed by atoms with Crippen LogP contribution in [0.25, 0.3) is 0 Å². The molecule has 0 aliphatic carbocycles. The molecule has 0 aromatic heterocycles. The molecule has 2 aromatic rings. The summed E-state index contributed by atoms with van der Waals surface area (Å²) in [6.45, 7) is -0.0466. The first-order valence-electron chi connectivity index (χ1n) is 7.50. The number of amides is 1. The number of carbonyl (C=O) groups excluding carboxylic acids is 1. The van der Waals surface area contributed by atoms with E-state index in [1.807, 2.05) is 22.6 Å². The van der Waals surface area contributed by atoms with Crippen LogP contribution >= 0.6 is 22.6 Å². The first-order chi connectivity index (χ1) is 12.3. The molecule has 26 heavy (non-hydrogen) atoms. The number of nitrogens with one attached hydrogen (secondary N) is 1. The first-order valence-corrected chi connectivity index (χ1v) is 8.58. The van der Waals surface area contributed by atoms with Gasteiger partial charge in [-0.3, -0.25) is 9.59 Å². The molecule has 1 aliphatic heterocycles. The molecular formula is C17H12F3IN2O3. The first kappa shape index (κ1) is 18.5. The van der Waals surface area contributed by atoms with Crippen molar-refractivity contribution in [1.29, 1.82) is 0 Å². The lowest BCUT2D eigenvalue weighted by Gasteiger charge is -2.37. The van der Waals surface area contributed by atoms with Crippen molar-refractivity contribution >= 4 is 45.8 Å². The van der Waals surface area contributed by atoms with Gasteiger partial charge >= 0.3 is 5.97 Å². The quantitative estimate of drug-likeness (QED) is 0.662. The average molecular weight is 476 g/mol. The summed E-state index contributed by atoms with van der Waals surface area (Å²) in [5.41, 5.74) is -0.810. The van der Waals surface area contributed by atoms with Gasteiger partial charge in [-0.15, -0.1) is 0 Å². The summed E-state index contributed by atoms with van der Waals surface area (Å²) in [7, 11) is 0. The van der Waals surface area contributed by atoms with E-state index >= 15 is 0 Å². The van der Waals surface area contributed by atoms with Gasteiger partial charge in [0, 0.05) is 16.7 Å². The number of likely N-dealkylation sites (tertiary alicyclic amines) is 1. The number of hydrogen-bond donors (Lipinski definition) is 2. The van der Waals surface area contributed by atoms with Crippen LogP contribution in [0.1, 0.15) is 10.4 Å². The third-order valence-electron chi connectivity index (χ3n) is 4.03. The Kier molecular flexibility index (Phi) is 5.08. The van der Waals surface area contributed by atoms with Gasteiger partial charge in [-0.2, -0.15) is 0 Å². The minimum Gasteiger partial charge on any atom is -0.481 e. The van der Waals surface area contributed by atoms with E-state index in [1.54, 1.807) is 6.07 Å². The zero-order chi connectivity index (χ0) is 19.0. The van der Waals surface area contributed by atoms with Gasteiger partial charge in [0.05, 0.1) is 22.9 Å². The smallest absolute Gasteiger partial charge is 0.310 e. The number of carboxylic acids is 1. The summed E-state index contributed by atoms with van der Waals surface area (Å²) in [6.07, 6.45) is 0. The van der Waals surface area contributed by atoms with Gasteiger partial charge in [0.2, 0.25) is 0 Å². The number of nitrogens with zero attached hydrogens (tertiary/aromatic N) is 1. The molecule has 0 spiro atoms. The van der Waals surface area contributed by atoms with Gasteiger partial charge in [0.15, 0.2) is 11.6 Å². The Morgan fingerprint density at radius 3 is 2.42 bits per heavy atom. The second-order valence-electron chi connectivity index (χ2n) is 5.78. The average Bonchev–Trinajstić information content (AvgIpc) is 2.52. The van der Waals surface area contributed by atoms with E-state index in [0.29, 0.717) is 3.57 Å². The highest BCUT2D eigenvalue weighted by Crippen LogP contribution is 2.30. The zero-order valence-corrected chi connectivity index (χ0v) is 15.3. The monoisotopic (exact) mass is 476 g/mol. The number of benzene rings is 2. The molecule has 2 aromatic carbocycles. The molecule has 1 heterocycles. The number of carbonyl (C=O) groups is 2. The highest BCUT2D eigenvalue weighted by Gasteiger charge is 2.37. The van der Waals surface area contributed by atoms with Crippen molar-refractivity contribution in [3.8, 4) is 0 Å². The van der Waals surface area contributed by atoms with Crippen molar-refractivity contribution in [2.24, 2.45) is 5.92 Å².